The third-order valence-corrected chi connectivity index (χ3v) is 5.66. The number of thiophene rings is 1. The third kappa shape index (κ3) is 2.78. The maximum Gasteiger partial charge on any atom is 0.0934 e. The van der Waals surface area contributed by atoms with Crippen LogP contribution in [0.5, 0.6) is 0 Å². The van der Waals surface area contributed by atoms with Crippen LogP contribution in [0.15, 0.2) is 35.2 Å². The zero-order valence-electron chi connectivity index (χ0n) is 10.8. The molecule has 1 unspecified atom stereocenters. The van der Waals surface area contributed by atoms with Crippen molar-refractivity contribution in [3.05, 3.63) is 45.1 Å². The minimum atomic E-state index is 0.404. The second-order valence-electron chi connectivity index (χ2n) is 4.72. The molecule has 1 aromatic carbocycles. The molecule has 0 saturated heterocycles. The standard InChI is InChI=1S/C15H16ClNS2/c1-18-14-7-3-2-5-12(14)17-11-6-4-8-13-10(11)9-15(16)19-13/h2-3,5,7,9,11,17H,4,6,8H2,1H3. The van der Waals surface area contributed by atoms with Crippen molar-refractivity contribution < 1.29 is 0 Å². The lowest BCUT2D eigenvalue weighted by molar-refractivity contribution is 0.608. The van der Waals surface area contributed by atoms with E-state index in [0.717, 1.165) is 4.34 Å². The third-order valence-electron chi connectivity index (χ3n) is 3.52. The van der Waals surface area contributed by atoms with Crippen LogP contribution in [-0.2, 0) is 6.42 Å². The summed E-state index contributed by atoms with van der Waals surface area (Å²) in [5.74, 6) is 0. The first-order valence-electron chi connectivity index (χ1n) is 6.45. The Labute approximate surface area is 127 Å². The number of aryl methyl sites for hydroxylation is 1. The summed E-state index contributed by atoms with van der Waals surface area (Å²) in [6.07, 6.45) is 5.72. The van der Waals surface area contributed by atoms with Crippen molar-refractivity contribution in [2.24, 2.45) is 0 Å². The molecule has 1 nitrogen and oxygen atoms in total. The topological polar surface area (TPSA) is 12.0 Å². The highest BCUT2D eigenvalue weighted by Crippen LogP contribution is 2.40. The number of anilines is 1. The molecule has 0 aliphatic heterocycles. The molecule has 1 N–H and O–H groups in total. The predicted octanol–water partition coefficient (Wildman–Crippen LogP) is 5.61. The molecule has 2 aromatic rings. The van der Waals surface area contributed by atoms with E-state index in [4.69, 9.17) is 11.6 Å². The quantitative estimate of drug-likeness (QED) is 0.739. The van der Waals surface area contributed by atoms with Gasteiger partial charge in [0, 0.05) is 15.5 Å². The summed E-state index contributed by atoms with van der Waals surface area (Å²) in [4.78, 5) is 2.76. The lowest BCUT2D eigenvalue weighted by Crippen LogP contribution is -2.15. The molecule has 0 spiro atoms. The second kappa shape index (κ2) is 5.78. The van der Waals surface area contributed by atoms with E-state index in [-0.39, 0.29) is 0 Å². The van der Waals surface area contributed by atoms with Gasteiger partial charge in [-0.2, -0.15) is 0 Å². The SMILES string of the molecule is CSc1ccccc1NC1CCCc2sc(Cl)cc21. The smallest absolute Gasteiger partial charge is 0.0934 e. The van der Waals surface area contributed by atoms with E-state index in [2.05, 4.69) is 41.9 Å². The molecule has 0 saturated carbocycles. The number of nitrogens with one attached hydrogen (secondary N) is 1. The highest BCUT2D eigenvalue weighted by Gasteiger charge is 2.23. The molecule has 0 fully saturated rings. The minimum Gasteiger partial charge on any atom is -0.377 e. The molecule has 1 aliphatic rings. The molecule has 0 amide bonds. The molecule has 0 bridgehead atoms. The molecule has 3 rings (SSSR count). The molecule has 19 heavy (non-hydrogen) atoms. The summed E-state index contributed by atoms with van der Waals surface area (Å²) in [6.45, 7) is 0. The summed E-state index contributed by atoms with van der Waals surface area (Å²) in [7, 11) is 0. The van der Waals surface area contributed by atoms with Gasteiger partial charge < -0.3 is 5.32 Å². The predicted molar refractivity (Wildman–Crippen MR) is 86.9 cm³/mol. The minimum absolute atomic E-state index is 0.404. The number of hydrogen-bond acceptors (Lipinski definition) is 3. The average Bonchev–Trinajstić information content (AvgIpc) is 2.81. The van der Waals surface area contributed by atoms with E-state index < -0.39 is 0 Å². The molecule has 0 radical (unpaired) electrons. The van der Waals surface area contributed by atoms with Crippen LogP contribution in [-0.4, -0.2) is 6.26 Å². The van der Waals surface area contributed by atoms with E-state index in [1.807, 2.05) is 0 Å². The van der Waals surface area contributed by atoms with Crippen LogP contribution in [0, 0.1) is 0 Å². The fourth-order valence-corrected chi connectivity index (χ4v) is 4.57. The van der Waals surface area contributed by atoms with Crippen molar-refractivity contribution in [2.45, 2.75) is 30.2 Å². The van der Waals surface area contributed by atoms with Gasteiger partial charge in [-0.1, -0.05) is 23.7 Å². The highest BCUT2D eigenvalue weighted by atomic mass is 35.5. The summed E-state index contributed by atoms with van der Waals surface area (Å²) in [6, 6.07) is 11.0. The van der Waals surface area contributed by atoms with E-state index >= 15 is 0 Å². The van der Waals surface area contributed by atoms with Crippen molar-refractivity contribution in [1.29, 1.82) is 0 Å². The van der Waals surface area contributed by atoms with E-state index in [9.17, 15) is 0 Å². The summed E-state index contributed by atoms with van der Waals surface area (Å²) < 4.78 is 0.914. The molecule has 100 valence electrons. The maximum absolute atomic E-state index is 6.16. The highest BCUT2D eigenvalue weighted by molar-refractivity contribution is 7.98. The monoisotopic (exact) mass is 309 g/mol. The first-order valence-corrected chi connectivity index (χ1v) is 8.87. The molecular weight excluding hydrogens is 294 g/mol. The molecule has 1 atom stereocenters. The van der Waals surface area contributed by atoms with Gasteiger partial charge in [0.1, 0.15) is 0 Å². The fraction of sp³-hybridized carbons (Fsp3) is 0.333. The van der Waals surface area contributed by atoms with Crippen LogP contribution in [0.25, 0.3) is 0 Å². The average molecular weight is 310 g/mol. The van der Waals surface area contributed by atoms with Crippen LogP contribution >= 0.6 is 34.7 Å². The number of fused-ring (bicyclic) bond motifs is 1. The van der Waals surface area contributed by atoms with Gasteiger partial charge in [0.15, 0.2) is 0 Å². The van der Waals surface area contributed by atoms with Crippen molar-refractivity contribution >= 4 is 40.4 Å². The van der Waals surface area contributed by atoms with Gasteiger partial charge >= 0.3 is 0 Å². The van der Waals surface area contributed by atoms with Crippen molar-refractivity contribution in [1.82, 2.24) is 0 Å². The molecule has 1 aromatic heterocycles. The molecule has 1 heterocycles. The number of halogens is 1. The number of rotatable bonds is 3. The Balaban J connectivity index is 1.88. The Morgan fingerprint density at radius 2 is 2.21 bits per heavy atom. The van der Waals surface area contributed by atoms with Gasteiger partial charge in [-0.05, 0) is 49.3 Å². The van der Waals surface area contributed by atoms with Crippen LogP contribution < -0.4 is 5.32 Å². The summed E-state index contributed by atoms with van der Waals surface area (Å²) in [5.41, 5.74) is 2.63. The van der Waals surface area contributed by atoms with Crippen molar-refractivity contribution in [2.75, 3.05) is 11.6 Å². The zero-order chi connectivity index (χ0) is 13.2. The second-order valence-corrected chi connectivity index (χ2v) is 7.33. The largest absolute Gasteiger partial charge is 0.377 e. The zero-order valence-corrected chi connectivity index (χ0v) is 13.2. The van der Waals surface area contributed by atoms with Gasteiger partial charge in [-0.25, -0.2) is 0 Å². The van der Waals surface area contributed by atoms with Gasteiger partial charge in [0.2, 0.25) is 0 Å². The lowest BCUT2D eigenvalue weighted by Gasteiger charge is -2.25. The van der Waals surface area contributed by atoms with Gasteiger partial charge in [0.05, 0.1) is 10.4 Å². The van der Waals surface area contributed by atoms with Crippen LogP contribution in [0.4, 0.5) is 5.69 Å². The first-order chi connectivity index (χ1) is 9.28. The van der Waals surface area contributed by atoms with Crippen LogP contribution in [0.2, 0.25) is 4.34 Å². The van der Waals surface area contributed by atoms with Gasteiger partial charge in [-0.15, -0.1) is 23.1 Å². The number of para-hydroxylation sites is 1. The fourth-order valence-electron chi connectivity index (χ4n) is 2.62. The van der Waals surface area contributed by atoms with E-state index in [1.165, 1.54) is 40.3 Å². The molecule has 4 heteroatoms. The summed E-state index contributed by atoms with van der Waals surface area (Å²) >= 11 is 9.68. The van der Waals surface area contributed by atoms with E-state index in [0.29, 0.717) is 6.04 Å². The van der Waals surface area contributed by atoms with Crippen LogP contribution in [0.3, 0.4) is 0 Å². The number of thioether (sulfide) groups is 1. The number of benzene rings is 1. The Hall–Kier alpha value is -0.640. The normalized spacial score (nSPS) is 18.1. The lowest BCUT2D eigenvalue weighted by atomic mass is 9.94. The Kier molecular flexibility index (Phi) is 4.06. The van der Waals surface area contributed by atoms with Crippen molar-refractivity contribution in [3.63, 3.8) is 0 Å². The maximum atomic E-state index is 6.16. The van der Waals surface area contributed by atoms with E-state index in [1.54, 1.807) is 23.1 Å². The Morgan fingerprint density at radius 1 is 1.37 bits per heavy atom. The first kappa shape index (κ1) is 13.3. The Morgan fingerprint density at radius 3 is 3.05 bits per heavy atom. The van der Waals surface area contributed by atoms with Gasteiger partial charge in [-0.3, -0.25) is 0 Å². The number of hydrogen-bond donors (Lipinski definition) is 1. The Bertz CT molecular complexity index is 579. The molecular formula is C15H16ClNS2. The van der Waals surface area contributed by atoms with Crippen LogP contribution in [0.1, 0.15) is 29.3 Å². The van der Waals surface area contributed by atoms with Crippen molar-refractivity contribution in [3.8, 4) is 0 Å². The van der Waals surface area contributed by atoms with Gasteiger partial charge in [0.25, 0.3) is 0 Å². The summed E-state index contributed by atoms with van der Waals surface area (Å²) in [5, 5.41) is 3.70. The molecule has 1 aliphatic carbocycles.